The molecule has 228 valence electrons. The summed E-state index contributed by atoms with van der Waals surface area (Å²) in [5, 5.41) is 11.8. The van der Waals surface area contributed by atoms with Crippen molar-refractivity contribution in [3.63, 3.8) is 0 Å². The van der Waals surface area contributed by atoms with Crippen molar-refractivity contribution >= 4 is 17.7 Å². The molecule has 0 aliphatic heterocycles. The number of aliphatic carboxylic acids is 1. The van der Waals surface area contributed by atoms with E-state index in [-0.39, 0.29) is 51.3 Å². The fourth-order valence-electron chi connectivity index (χ4n) is 3.69. The van der Waals surface area contributed by atoms with Crippen LogP contribution in [-0.4, -0.2) is 67.0 Å². The third kappa shape index (κ3) is 14.0. The van der Waals surface area contributed by atoms with Crippen molar-refractivity contribution in [2.24, 2.45) is 0 Å². The van der Waals surface area contributed by atoms with E-state index in [9.17, 15) is 41.0 Å². The standard InChI is InChI=1S/C27H32F6N2O6/c1-2-39-23(24(36)37)18-19-6-10-21(11-7-19)40-17-16-35(15-5-3-4-14-26(28,29)30)25(38)34-20-8-12-22(13-9-20)41-27(31,32)33/h6-13,23H,2-5,14-18H2,1H3,(H,34,38)(H,36,37). The minimum atomic E-state index is -4.86. The van der Waals surface area contributed by atoms with Gasteiger partial charge in [-0.25, -0.2) is 9.59 Å². The number of amides is 2. The number of carbonyl (C=O) groups excluding carboxylic acids is 1. The van der Waals surface area contributed by atoms with Crippen LogP contribution in [0.2, 0.25) is 0 Å². The second-order valence-electron chi connectivity index (χ2n) is 8.89. The summed E-state index contributed by atoms with van der Waals surface area (Å²) >= 11 is 0. The van der Waals surface area contributed by atoms with E-state index in [0.29, 0.717) is 17.7 Å². The van der Waals surface area contributed by atoms with Crippen molar-refractivity contribution < 1.29 is 55.2 Å². The maximum absolute atomic E-state index is 12.9. The van der Waals surface area contributed by atoms with Crippen LogP contribution in [-0.2, 0) is 16.0 Å². The summed E-state index contributed by atoms with van der Waals surface area (Å²) in [6, 6.07) is 10.5. The number of rotatable bonds is 16. The molecule has 2 aromatic rings. The monoisotopic (exact) mass is 594 g/mol. The van der Waals surface area contributed by atoms with Gasteiger partial charge in [0, 0.05) is 31.7 Å². The van der Waals surface area contributed by atoms with Crippen molar-refractivity contribution in [3.8, 4) is 11.5 Å². The Morgan fingerprint density at radius 3 is 2.10 bits per heavy atom. The van der Waals surface area contributed by atoms with Crippen LogP contribution < -0.4 is 14.8 Å². The highest BCUT2D eigenvalue weighted by molar-refractivity contribution is 5.89. The number of carbonyl (C=O) groups is 2. The zero-order valence-corrected chi connectivity index (χ0v) is 22.3. The molecule has 1 atom stereocenters. The van der Waals surface area contributed by atoms with Crippen LogP contribution in [0, 0.1) is 0 Å². The molecule has 0 heterocycles. The topological polar surface area (TPSA) is 97.3 Å². The first kappa shape index (κ1) is 33.5. The Morgan fingerprint density at radius 1 is 0.902 bits per heavy atom. The molecule has 0 fully saturated rings. The Kier molecular flexibility index (Phi) is 13.0. The van der Waals surface area contributed by atoms with E-state index >= 15 is 0 Å². The van der Waals surface area contributed by atoms with E-state index in [4.69, 9.17) is 9.47 Å². The predicted molar refractivity (Wildman–Crippen MR) is 137 cm³/mol. The van der Waals surface area contributed by atoms with Gasteiger partial charge in [-0.05, 0) is 61.7 Å². The summed E-state index contributed by atoms with van der Waals surface area (Å²) in [5.41, 5.74) is 0.902. The smallest absolute Gasteiger partial charge is 0.492 e. The number of nitrogens with one attached hydrogen (secondary N) is 1. The molecule has 2 aromatic carbocycles. The van der Waals surface area contributed by atoms with Gasteiger partial charge in [0.1, 0.15) is 18.1 Å². The number of unbranched alkanes of at least 4 members (excludes halogenated alkanes) is 2. The lowest BCUT2D eigenvalue weighted by Gasteiger charge is -2.23. The molecule has 0 saturated heterocycles. The van der Waals surface area contributed by atoms with Gasteiger partial charge < -0.3 is 29.5 Å². The van der Waals surface area contributed by atoms with Crippen molar-refractivity contribution in [1.29, 1.82) is 0 Å². The van der Waals surface area contributed by atoms with Crippen LogP contribution in [0.1, 0.15) is 38.2 Å². The van der Waals surface area contributed by atoms with E-state index in [1.165, 1.54) is 17.0 Å². The van der Waals surface area contributed by atoms with E-state index in [2.05, 4.69) is 10.1 Å². The van der Waals surface area contributed by atoms with Crippen LogP contribution in [0.3, 0.4) is 0 Å². The molecule has 0 aromatic heterocycles. The summed E-state index contributed by atoms with van der Waals surface area (Å²) in [4.78, 5) is 25.5. The van der Waals surface area contributed by atoms with Gasteiger partial charge in [0.25, 0.3) is 0 Å². The maximum atomic E-state index is 12.9. The first-order chi connectivity index (χ1) is 19.3. The number of hydrogen-bond acceptors (Lipinski definition) is 5. The van der Waals surface area contributed by atoms with E-state index in [0.717, 1.165) is 12.1 Å². The summed E-state index contributed by atoms with van der Waals surface area (Å²) in [7, 11) is 0. The molecular weight excluding hydrogens is 562 g/mol. The normalized spacial score (nSPS) is 12.5. The maximum Gasteiger partial charge on any atom is 0.573 e. The van der Waals surface area contributed by atoms with Gasteiger partial charge in [-0.2, -0.15) is 13.2 Å². The molecule has 1 unspecified atom stereocenters. The Hall–Kier alpha value is -3.68. The van der Waals surface area contributed by atoms with Crippen LogP contribution in [0.25, 0.3) is 0 Å². The number of anilines is 1. The van der Waals surface area contributed by atoms with Gasteiger partial charge in [-0.1, -0.05) is 18.6 Å². The lowest BCUT2D eigenvalue weighted by atomic mass is 10.1. The summed E-state index contributed by atoms with van der Waals surface area (Å²) in [6.07, 6.45) is -10.4. The molecule has 2 N–H and O–H groups in total. The van der Waals surface area contributed by atoms with Crippen LogP contribution >= 0.6 is 0 Å². The van der Waals surface area contributed by atoms with Crippen LogP contribution in [0.4, 0.5) is 36.8 Å². The van der Waals surface area contributed by atoms with Gasteiger partial charge in [0.15, 0.2) is 6.10 Å². The number of nitrogens with zero attached hydrogens (tertiary/aromatic N) is 1. The second kappa shape index (κ2) is 15.9. The molecule has 0 aliphatic carbocycles. The Morgan fingerprint density at radius 2 is 1.54 bits per heavy atom. The highest BCUT2D eigenvalue weighted by Gasteiger charge is 2.31. The fraction of sp³-hybridized carbons (Fsp3) is 0.481. The lowest BCUT2D eigenvalue weighted by Crippen LogP contribution is -2.38. The fourth-order valence-corrected chi connectivity index (χ4v) is 3.69. The molecule has 8 nitrogen and oxygen atoms in total. The highest BCUT2D eigenvalue weighted by atomic mass is 19.4. The first-order valence-electron chi connectivity index (χ1n) is 12.8. The van der Waals surface area contributed by atoms with Crippen molar-refractivity contribution in [2.45, 2.75) is 57.7 Å². The van der Waals surface area contributed by atoms with Crippen molar-refractivity contribution in [1.82, 2.24) is 4.90 Å². The number of carboxylic acids is 1. The molecule has 41 heavy (non-hydrogen) atoms. The summed E-state index contributed by atoms with van der Waals surface area (Å²) < 4.78 is 89.0. The molecule has 14 heteroatoms. The number of urea groups is 1. The molecule has 2 rings (SSSR count). The molecule has 0 radical (unpaired) electrons. The molecule has 0 spiro atoms. The van der Waals surface area contributed by atoms with Gasteiger partial charge in [0.05, 0.1) is 6.54 Å². The van der Waals surface area contributed by atoms with Crippen molar-refractivity contribution in [2.75, 3.05) is 31.6 Å². The Balaban J connectivity index is 1.95. The minimum Gasteiger partial charge on any atom is -0.492 e. The Bertz CT molecular complexity index is 1080. The summed E-state index contributed by atoms with van der Waals surface area (Å²) in [5.74, 6) is -1.09. The minimum absolute atomic E-state index is 0.0321. The number of hydrogen-bond donors (Lipinski definition) is 2. The molecule has 0 aliphatic rings. The number of alkyl halides is 6. The molecule has 2 amide bonds. The van der Waals surface area contributed by atoms with Gasteiger partial charge in [0.2, 0.25) is 0 Å². The van der Waals surface area contributed by atoms with E-state index < -0.39 is 42.8 Å². The van der Waals surface area contributed by atoms with Gasteiger partial charge in [-0.15, -0.1) is 13.2 Å². The Labute approximate surface area is 233 Å². The largest absolute Gasteiger partial charge is 0.573 e. The third-order valence-electron chi connectivity index (χ3n) is 5.63. The SMILES string of the molecule is CCOC(Cc1ccc(OCCN(CCCCCC(F)(F)F)C(=O)Nc2ccc(OC(F)(F)F)cc2)cc1)C(=O)O. The average molecular weight is 595 g/mol. The first-order valence-corrected chi connectivity index (χ1v) is 12.8. The molecular formula is C27H32F6N2O6. The molecule has 0 bridgehead atoms. The van der Waals surface area contributed by atoms with Crippen LogP contribution in [0.15, 0.2) is 48.5 Å². The number of benzene rings is 2. The number of halogens is 6. The zero-order valence-electron chi connectivity index (χ0n) is 22.3. The quantitative estimate of drug-likeness (QED) is 0.167. The van der Waals surface area contributed by atoms with Crippen LogP contribution in [0.5, 0.6) is 11.5 Å². The lowest BCUT2D eigenvalue weighted by molar-refractivity contribution is -0.274. The van der Waals surface area contributed by atoms with Gasteiger partial charge in [-0.3, -0.25) is 0 Å². The van der Waals surface area contributed by atoms with E-state index in [1.807, 2.05) is 0 Å². The number of ether oxygens (including phenoxy) is 3. The zero-order chi connectivity index (χ0) is 30.5. The average Bonchev–Trinajstić information content (AvgIpc) is 2.87. The molecule has 0 saturated carbocycles. The second-order valence-corrected chi connectivity index (χ2v) is 8.89. The third-order valence-corrected chi connectivity index (χ3v) is 5.63. The summed E-state index contributed by atoms with van der Waals surface area (Å²) in [6.45, 7) is 2.16. The van der Waals surface area contributed by atoms with E-state index in [1.54, 1.807) is 31.2 Å². The predicted octanol–water partition coefficient (Wildman–Crippen LogP) is 6.65. The van der Waals surface area contributed by atoms with Gasteiger partial charge >= 0.3 is 24.5 Å². The number of carboxylic acid groups (broad SMARTS) is 1. The highest BCUT2D eigenvalue weighted by Crippen LogP contribution is 2.25. The van der Waals surface area contributed by atoms with Crippen molar-refractivity contribution in [3.05, 3.63) is 54.1 Å².